The molecule has 6 nitrogen and oxygen atoms in total. The van der Waals surface area contributed by atoms with Crippen molar-refractivity contribution in [3.63, 3.8) is 0 Å². The smallest absolute Gasteiger partial charge is 0.408 e. The molecule has 1 heterocycles. The summed E-state index contributed by atoms with van der Waals surface area (Å²) in [6.07, 6.45) is 3.53. The van der Waals surface area contributed by atoms with Crippen molar-refractivity contribution < 1.29 is 14.3 Å². The molecule has 1 unspecified atom stereocenters. The summed E-state index contributed by atoms with van der Waals surface area (Å²) in [7, 11) is 0. The molecule has 1 atom stereocenters. The Bertz CT molecular complexity index is 540. The number of hydrogen-bond acceptors (Lipinski definition) is 4. The summed E-state index contributed by atoms with van der Waals surface area (Å²) in [6, 6.07) is 8.69. The summed E-state index contributed by atoms with van der Waals surface area (Å²) in [4.78, 5) is 29.3. The second kappa shape index (κ2) is 7.08. The zero-order chi connectivity index (χ0) is 14.2. The molecule has 1 amide bonds. The van der Waals surface area contributed by atoms with Crippen molar-refractivity contribution >= 4 is 12.4 Å². The van der Waals surface area contributed by atoms with E-state index in [0.717, 1.165) is 11.3 Å². The second-order valence-corrected chi connectivity index (χ2v) is 4.23. The molecule has 2 N–H and O–H groups in total. The second-order valence-electron chi connectivity index (χ2n) is 4.23. The van der Waals surface area contributed by atoms with Crippen LogP contribution in [0.25, 0.3) is 0 Å². The highest BCUT2D eigenvalue weighted by atomic mass is 16.5. The van der Waals surface area contributed by atoms with Gasteiger partial charge in [0.25, 0.3) is 0 Å². The first-order chi connectivity index (χ1) is 9.78. The van der Waals surface area contributed by atoms with Gasteiger partial charge in [-0.05, 0) is 5.56 Å². The summed E-state index contributed by atoms with van der Waals surface area (Å²) in [5.41, 5.74) is 1.66. The number of carbonyl (C=O) groups excluding carboxylic acids is 2. The lowest BCUT2D eigenvalue weighted by Crippen LogP contribution is -2.38. The maximum absolute atomic E-state index is 11.6. The molecule has 0 fully saturated rings. The van der Waals surface area contributed by atoms with Crippen molar-refractivity contribution in [3.8, 4) is 0 Å². The summed E-state index contributed by atoms with van der Waals surface area (Å²) in [6.45, 7) is 0.169. The number of hydrogen-bond donors (Lipinski definition) is 2. The quantitative estimate of drug-likeness (QED) is 0.780. The molecule has 0 saturated heterocycles. The molecular formula is C14H15N3O3. The van der Waals surface area contributed by atoms with Crippen LogP contribution >= 0.6 is 0 Å². The first kappa shape index (κ1) is 13.8. The van der Waals surface area contributed by atoms with Gasteiger partial charge >= 0.3 is 6.09 Å². The largest absolute Gasteiger partial charge is 0.445 e. The molecule has 6 heteroatoms. The fraction of sp³-hybridized carbons (Fsp3) is 0.214. The van der Waals surface area contributed by atoms with E-state index in [1.165, 1.54) is 6.33 Å². The van der Waals surface area contributed by atoms with E-state index in [4.69, 9.17) is 4.74 Å². The minimum Gasteiger partial charge on any atom is -0.445 e. The molecule has 0 spiro atoms. The van der Waals surface area contributed by atoms with Gasteiger partial charge in [0.05, 0.1) is 12.4 Å². The Morgan fingerprint density at radius 2 is 2.20 bits per heavy atom. The maximum Gasteiger partial charge on any atom is 0.408 e. The van der Waals surface area contributed by atoms with Crippen LogP contribution in [0.5, 0.6) is 0 Å². The van der Waals surface area contributed by atoms with E-state index < -0.39 is 12.1 Å². The predicted molar refractivity (Wildman–Crippen MR) is 71.9 cm³/mol. The Hall–Kier alpha value is -2.63. The Labute approximate surface area is 116 Å². The first-order valence-electron chi connectivity index (χ1n) is 6.17. The molecule has 2 rings (SSSR count). The first-order valence-corrected chi connectivity index (χ1v) is 6.17. The van der Waals surface area contributed by atoms with Crippen molar-refractivity contribution in [2.45, 2.75) is 19.1 Å². The highest BCUT2D eigenvalue weighted by Gasteiger charge is 2.13. The summed E-state index contributed by atoms with van der Waals surface area (Å²) < 4.78 is 5.04. The summed E-state index contributed by atoms with van der Waals surface area (Å²) in [5, 5.41) is 2.50. The van der Waals surface area contributed by atoms with E-state index >= 15 is 0 Å². The van der Waals surface area contributed by atoms with Gasteiger partial charge in [0.2, 0.25) is 0 Å². The molecule has 0 aliphatic heterocycles. The summed E-state index contributed by atoms with van der Waals surface area (Å²) in [5.74, 6) is 0. The number of aldehydes is 1. The average molecular weight is 273 g/mol. The zero-order valence-electron chi connectivity index (χ0n) is 10.8. The van der Waals surface area contributed by atoms with Gasteiger partial charge in [-0.15, -0.1) is 0 Å². The van der Waals surface area contributed by atoms with Crippen LogP contribution in [0.2, 0.25) is 0 Å². The van der Waals surface area contributed by atoms with Crippen molar-refractivity contribution in [1.29, 1.82) is 0 Å². The molecule has 20 heavy (non-hydrogen) atoms. The van der Waals surface area contributed by atoms with Gasteiger partial charge in [0.15, 0.2) is 0 Å². The minimum absolute atomic E-state index is 0.169. The van der Waals surface area contributed by atoms with Gasteiger partial charge < -0.3 is 19.8 Å². The molecule has 0 aliphatic carbocycles. The Morgan fingerprint density at radius 3 is 2.85 bits per heavy atom. The van der Waals surface area contributed by atoms with Crippen LogP contribution in [0, 0.1) is 0 Å². The van der Waals surface area contributed by atoms with Crippen molar-refractivity contribution in [2.75, 3.05) is 0 Å². The lowest BCUT2D eigenvalue weighted by Gasteiger charge is -2.12. The van der Waals surface area contributed by atoms with Gasteiger partial charge in [0, 0.05) is 18.3 Å². The molecule has 0 aliphatic rings. The molecule has 104 valence electrons. The maximum atomic E-state index is 11.6. The third kappa shape index (κ3) is 4.24. The van der Waals surface area contributed by atoms with Crippen LogP contribution in [-0.4, -0.2) is 28.4 Å². The van der Waals surface area contributed by atoms with Crippen LogP contribution in [-0.2, 0) is 22.6 Å². The van der Waals surface area contributed by atoms with Gasteiger partial charge in [-0.2, -0.15) is 0 Å². The third-order valence-electron chi connectivity index (χ3n) is 2.67. The minimum atomic E-state index is -0.640. The standard InChI is InChI=1S/C14H15N3O3/c18-8-13(6-12-7-15-10-16-12)17-14(19)20-9-11-4-2-1-3-5-11/h1-5,7-8,10,13H,6,9H2,(H,15,16)(H,17,19). The van der Waals surface area contributed by atoms with E-state index in [2.05, 4.69) is 15.3 Å². The van der Waals surface area contributed by atoms with E-state index in [9.17, 15) is 9.59 Å². The Balaban J connectivity index is 1.79. The number of aromatic nitrogens is 2. The van der Waals surface area contributed by atoms with Crippen LogP contribution in [0.4, 0.5) is 4.79 Å². The molecule has 0 saturated carbocycles. The fourth-order valence-electron chi connectivity index (χ4n) is 1.68. The van der Waals surface area contributed by atoms with Gasteiger partial charge in [0.1, 0.15) is 12.9 Å². The fourth-order valence-corrected chi connectivity index (χ4v) is 1.68. The van der Waals surface area contributed by atoms with E-state index in [0.29, 0.717) is 12.7 Å². The molecule has 2 aromatic rings. The van der Waals surface area contributed by atoms with E-state index in [1.807, 2.05) is 30.3 Å². The Kier molecular flexibility index (Phi) is 4.88. The van der Waals surface area contributed by atoms with Crippen LogP contribution in [0.3, 0.4) is 0 Å². The summed E-state index contributed by atoms with van der Waals surface area (Å²) >= 11 is 0. The normalized spacial score (nSPS) is 11.6. The number of amides is 1. The topological polar surface area (TPSA) is 84.1 Å². The average Bonchev–Trinajstić information content (AvgIpc) is 2.98. The molecule has 0 radical (unpaired) electrons. The number of H-pyrrole nitrogens is 1. The number of alkyl carbamates (subject to hydrolysis) is 1. The van der Waals surface area contributed by atoms with Crippen molar-refractivity contribution in [2.24, 2.45) is 0 Å². The van der Waals surface area contributed by atoms with Crippen LogP contribution < -0.4 is 5.32 Å². The predicted octanol–water partition coefficient (Wildman–Crippen LogP) is 1.45. The van der Waals surface area contributed by atoms with Crippen molar-refractivity contribution in [1.82, 2.24) is 15.3 Å². The number of rotatable bonds is 6. The molecular weight excluding hydrogens is 258 g/mol. The van der Waals surface area contributed by atoms with E-state index in [-0.39, 0.29) is 6.61 Å². The van der Waals surface area contributed by atoms with Crippen LogP contribution in [0.15, 0.2) is 42.9 Å². The van der Waals surface area contributed by atoms with Crippen molar-refractivity contribution in [3.05, 3.63) is 54.1 Å². The molecule has 1 aromatic carbocycles. The number of nitrogens with zero attached hydrogens (tertiary/aromatic N) is 1. The number of aromatic amines is 1. The monoisotopic (exact) mass is 273 g/mol. The number of imidazole rings is 1. The lowest BCUT2D eigenvalue weighted by atomic mass is 10.2. The zero-order valence-corrected chi connectivity index (χ0v) is 10.8. The number of nitrogens with one attached hydrogen (secondary N) is 2. The Morgan fingerprint density at radius 1 is 1.40 bits per heavy atom. The van der Waals surface area contributed by atoms with Crippen LogP contribution in [0.1, 0.15) is 11.3 Å². The molecule has 0 bridgehead atoms. The number of ether oxygens (including phenoxy) is 1. The highest BCUT2D eigenvalue weighted by Crippen LogP contribution is 2.01. The van der Waals surface area contributed by atoms with Gasteiger partial charge in [-0.1, -0.05) is 30.3 Å². The molecule has 1 aromatic heterocycles. The highest BCUT2D eigenvalue weighted by molar-refractivity contribution is 5.73. The lowest BCUT2D eigenvalue weighted by molar-refractivity contribution is -0.109. The van der Waals surface area contributed by atoms with Gasteiger partial charge in [-0.25, -0.2) is 9.78 Å². The third-order valence-corrected chi connectivity index (χ3v) is 2.67. The number of benzene rings is 1. The SMILES string of the molecule is O=CC(Cc1cnc[nH]1)NC(=O)OCc1ccccc1. The van der Waals surface area contributed by atoms with E-state index in [1.54, 1.807) is 6.20 Å². The van der Waals surface area contributed by atoms with Gasteiger partial charge in [-0.3, -0.25) is 0 Å². The number of carbonyl (C=O) groups is 2.